The second-order valence-electron chi connectivity index (χ2n) is 5.79. The summed E-state index contributed by atoms with van der Waals surface area (Å²) in [7, 11) is 4.88. The normalized spacial score (nSPS) is 11.1. The van der Waals surface area contributed by atoms with Gasteiger partial charge in [0.2, 0.25) is 0 Å². The first-order chi connectivity index (χ1) is 13.6. The fourth-order valence-electron chi connectivity index (χ4n) is 2.49. The summed E-state index contributed by atoms with van der Waals surface area (Å²) in [6, 6.07) is 9.23. The molecule has 0 aromatic heterocycles. The highest BCUT2D eigenvalue weighted by Gasteiger charge is 2.06. The van der Waals surface area contributed by atoms with Crippen LogP contribution in [0.2, 0.25) is 0 Å². The van der Waals surface area contributed by atoms with E-state index in [0.29, 0.717) is 30.5 Å². The number of guanidine groups is 1. The van der Waals surface area contributed by atoms with E-state index in [1.54, 1.807) is 21.3 Å². The van der Waals surface area contributed by atoms with Crippen molar-refractivity contribution in [1.29, 1.82) is 0 Å². The molecule has 2 aromatic carbocycles. The quantitative estimate of drug-likeness (QED) is 0.390. The van der Waals surface area contributed by atoms with Gasteiger partial charge >= 0.3 is 0 Å². The molecule has 0 aliphatic heterocycles. The van der Waals surface area contributed by atoms with Crippen molar-refractivity contribution in [3.8, 4) is 17.2 Å². The van der Waals surface area contributed by atoms with Crippen LogP contribution in [0.5, 0.6) is 17.2 Å². The summed E-state index contributed by atoms with van der Waals surface area (Å²) in [6.07, 6.45) is 0.770. The van der Waals surface area contributed by atoms with Gasteiger partial charge in [0.05, 0.1) is 20.8 Å². The minimum Gasteiger partial charge on any atom is -0.493 e. The standard InChI is InChI=1S/C20H25F2N3O3/c1-23-20(25-10-11-28-15-5-6-16(21)17(22)13-15)24-9-8-14-4-7-18(26-2)19(12-14)27-3/h4-7,12-13H,8-11H2,1-3H3,(H2,23,24,25). The molecule has 0 aliphatic carbocycles. The number of nitrogens with one attached hydrogen (secondary N) is 2. The maximum atomic E-state index is 13.1. The predicted molar refractivity (Wildman–Crippen MR) is 104 cm³/mol. The van der Waals surface area contributed by atoms with Crippen LogP contribution in [0, 0.1) is 11.6 Å². The van der Waals surface area contributed by atoms with Crippen molar-refractivity contribution in [2.45, 2.75) is 6.42 Å². The topological polar surface area (TPSA) is 64.1 Å². The van der Waals surface area contributed by atoms with Crippen LogP contribution in [-0.2, 0) is 6.42 Å². The Bertz CT molecular complexity index is 800. The lowest BCUT2D eigenvalue weighted by Crippen LogP contribution is -2.40. The van der Waals surface area contributed by atoms with Crippen LogP contribution in [0.25, 0.3) is 0 Å². The molecular formula is C20H25F2N3O3. The Hall–Kier alpha value is -3.03. The average molecular weight is 393 g/mol. The Labute approximate surface area is 163 Å². The largest absolute Gasteiger partial charge is 0.493 e. The van der Waals surface area contributed by atoms with Gasteiger partial charge in [-0.2, -0.15) is 0 Å². The molecule has 2 aromatic rings. The number of methoxy groups -OCH3 is 2. The lowest BCUT2D eigenvalue weighted by Gasteiger charge is -2.13. The molecule has 0 saturated heterocycles. The third kappa shape index (κ3) is 6.29. The third-order valence-corrected chi connectivity index (χ3v) is 3.93. The SMILES string of the molecule is CN=C(NCCOc1ccc(F)c(F)c1)NCCc1ccc(OC)c(OC)c1. The zero-order valence-electron chi connectivity index (χ0n) is 16.2. The molecule has 0 unspecified atom stereocenters. The van der Waals surface area contributed by atoms with Crippen LogP contribution in [0.4, 0.5) is 8.78 Å². The summed E-state index contributed by atoms with van der Waals surface area (Å²) in [5, 5.41) is 6.30. The summed E-state index contributed by atoms with van der Waals surface area (Å²) in [6.45, 7) is 1.40. The van der Waals surface area contributed by atoms with Crippen LogP contribution in [0.3, 0.4) is 0 Å². The zero-order chi connectivity index (χ0) is 20.4. The third-order valence-electron chi connectivity index (χ3n) is 3.93. The maximum Gasteiger partial charge on any atom is 0.191 e. The number of benzene rings is 2. The number of aliphatic imine (C=N–C) groups is 1. The molecule has 6 nitrogen and oxygen atoms in total. The molecular weight excluding hydrogens is 368 g/mol. The molecule has 8 heteroatoms. The lowest BCUT2D eigenvalue weighted by atomic mass is 10.1. The number of hydrogen-bond donors (Lipinski definition) is 2. The Morgan fingerprint density at radius 3 is 2.36 bits per heavy atom. The fraction of sp³-hybridized carbons (Fsp3) is 0.350. The fourth-order valence-corrected chi connectivity index (χ4v) is 2.49. The van der Waals surface area contributed by atoms with Crippen molar-refractivity contribution >= 4 is 5.96 Å². The Balaban J connectivity index is 1.72. The van der Waals surface area contributed by atoms with Crippen molar-refractivity contribution < 1.29 is 23.0 Å². The number of nitrogens with zero attached hydrogens (tertiary/aromatic N) is 1. The second-order valence-corrected chi connectivity index (χ2v) is 5.79. The molecule has 152 valence electrons. The van der Waals surface area contributed by atoms with Gasteiger partial charge in [-0.25, -0.2) is 8.78 Å². The summed E-state index contributed by atoms with van der Waals surface area (Å²) in [5.41, 5.74) is 1.10. The van der Waals surface area contributed by atoms with Crippen molar-refractivity contribution in [2.24, 2.45) is 4.99 Å². The molecule has 0 amide bonds. The monoisotopic (exact) mass is 393 g/mol. The van der Waals surface area contributed by atoms with Crippen molar-refractivity contribution in [1.82, 2.24) is 10.6 Å². The van der Waals surface area contributed by atoms with Crippen LogP contribution < -0.4 is 24.8 Å². The average Bonchev–Trinajstić information content (AvgIpc) is 2.72. The van der Waals surface area contributed by atoms with E-state index in [1.807, 2.05) is 18.2 Å². The van der Waals surface area contributed by atoms with E-state index in [4.69, 9.17) is 14.2 Å². The number of hydrogen-bond acceptors (Lipinski definition) is 4. The minimum atomic E-state index is -0.932. The summed E-state index contributed by atoms with van der Waals surface area (Å²) >= 11 is 0. The maximum absolute atomic E-state index is 13.1. The van der Waals surface area contributed by atoms with Crippen LogP contribution in [-0.4, -0.2) is 46.9 Å². The van der Waals surface area contributed by atoms with Gasteiger partial charge in [0.1, 0.15) is 12.4 Å². The molecule has 2 rings (SSSR count). The second kappa shape index (κ2) is 11.0. The molecule has 0 heterocycles. The molecule has 0 saturated carbocycles. The van der Waals surface area contributed by atoms with Gasteiger partial charge in [-0.1, -0.05) is 6.07 Å². The van der Waals surface area contributed by atoms with E-state index in [-0.39, 0.29) is 12.4 Å². The predicted octanol–water partition coefficient (Wildman–Crippen LogP) is 2.77. The Kier molecular flexibility index (Phi) is 8.33. The van der Waals surface area contributed by atoms with E-state index in [9.17, 15) is 8.78 Å². The molecule has 0 aliphatic rings. The highest BCUT2D eigenvalue weighted by molar-refractivity contribution is 5.79. The molecule has 0 spiro atoms. The minimum absolute atomic E-state index is 0.275. The molecule has 28 heavy (non-hydrogen) atoms. The number of ether oxygens (including phenoxy) is 3. The first kappa shape index (κ1) is 21.3. The lowest BCUT2D eigenvalue weighted by molar-refractivity contribution is 0.318. The number of halogens is 2. The van der Waals surface area contributed by atoms with Gasteiger partial charge in [-0.3, -0.25) is 4.99 Å². The van der Waals surface area contributed by atoms with Gasteiger partial charge < -0.3 is 24.8 Å². The molecule has 0 bridgehead atoms. The van der Waals surface area contributed by atoms with E-state index in [1.165, 1.54) is 6.07 Å². The first-order valence-electron chi connectivity index (χ1n) is 8.80. The van der Waals surface area contributed by atoms with Crippen LogP contribution >= 0.6 is 0 Å². The van der Waals surface area contributed by atoms with Crippen LogP contribution in [0.15, 0.2) is 41.4 Å². The zero-order valence-corrected chi connectivity index (χ0v) is 16.2. The van der Waals surface area contributed by atoms with Crippen LogP contribution in [0.1, 0.15) is 5.56 Å². The summed E-state index contributed by atoms with van der Waals surface area (Å²) in [4.78, 5) is 4.14. The molecule has 0 radical (unpaired) electrons. The summed E-state index contributed by atoms with van der Waals surface area (Å²) in [5.74, 6) is 0.448. The van der Waals surface area contributed by atoms with Crippen molar-refractivity contribution in [3.05, 3.63) is 53.6 Å². The van der Waals surface area contributed by atoms with E-state index in [0.717, 1.165) is 24.1 Å². The van der Waals surface area contributed by atoms with Gasteiger partial charge in [-0.15, -0.1) is 0 Å². The number of rotatable bonds is 9. The molecule has 0 atom stereocenters. The smallest absolute Gasteiger partial charge is 0.191 e. The molecule has 2 N–H and O–H groups in total. The van der Waals surface area contributed by atoms with Gasteiger partial charge in [0.15, 0.2) is 29.1 Å². The summed E-state index contributed by atoms with van der Waals surface area (Å²) < 4.78 is 41.9. The van der Waals surface area contributed by atoms with Crippen molar-refractivity contribution in [3.63, 3.8) is 0 Å². The Morgan fingerprint density at radius 2 is 1.68 bits per heavy atom. The van der Waals surface area contributed by atoms with E-state index < -0.39 is 11.6 Å². The van der Waals surface area contributed by atoms with E-state index in [2.05, 4.69) is 15.6 Å². The highest BCUT2D eigenvalue weighted by Crippen LogP contribution is 2.27. The Morgan fingerprint density at radius 1 is 0.929 bits per heavy atom. The highest BCUT2D eigenvalue weighted by atomic mass is 19.2. The van der Waals surface area contributed by atoms with Gasteiger partial charge in [0, 0.05) is 19.7 Å². The van der Waals surface area contributed by atoms with Gasteiger partial charge in [0.25, 0.3) is 0 Å². The van der Waals surface area contributed by atoms with Gasteiger partial charge in [-0.05, 0) is 36.2 Å². The first-order valence-corrected chi connectivity index (χ1v) is 8.80. The van der Waals surface area contributed by atoms with E-state index >= 15 is 0 Å². The van der Waals surface area contributed by atoms with Crippen molar-refractivity contribution in [2.75, 3.05) is 41.0 Å². The molecule has 0 fully saturated rings.